The van der Waals surface area contributed by atoms with Crippen LogP contribution in [0.5, 0.6) is 0 Å². The van der Waals surface area contributed by atoms with E-state index in [0.717, 1.165) is 0 Å². The molecule has 0 amide bonds. The number of benzene rings is 1. The lowest BCUT2D eigenvalue weighted by Crippen LogP contribution is -2.43. The predicted molar refractivity (Wildman–Crippen MR) is 64.6 cm³/mol. The van der Waals surface area contributed by atoms with Crippen LogP contribution in [-0.2, 0) is 14.6 Å². The van der Waals surface area contributed by atoms with Crippen LogP contribution in [0.4, 0.5) is 0 Å². The summed E-state index contributed by atoms with van der Waals surface area (Å²) in [4.78, 5) is 11.3. The van der Waals surface area contributed by atoms with Crippen molar-refractivity contribution in [3.63, 3.8) is 0 Å². The van der Waals surface area contributed by atoms with E-state index in [1.807, 2.05) is 0 Å². The molecule has 0 heterocycles. The van der Waals surface area contributed by atoms with Crippen molar-refractivity contribution in [1.29, 1.82) is 0 Å². The zero-order valence-corrected chi connectivity index (χ0v) is 10.7. The summed E-state index contributed by atoms with van der Waals surface area (Å²) in [7, 11) is -3.86. The highest BCUT2D eigenvalue weighted by Crippen LogP contribution is 2.30. The standard InChI is InChI=1S/C12H16O4S/c1-3-9-12(2,11(13)14)17(15,16)10-7-5-4-6-8-10/h4-8H,3,9H2,1-2H3,(H,13,14). The lowest BCUT2D eigenvalue weighted by Gasteiger charge is -2.24. The van der Waals surface area contributed by atoms with Gasteiger partial charge in [0.1, 0.15) is 0 Å². The van der Waals surface area contributed by atoms with Crippen molar-refractivity contribution in [1.82, 2.24) is 0 Å². The molecule has 1 aromatic rings. The molecule has 5 heteroatoms. The van der Waals surface area contributed by atoms with Gasteiger partial charge in [-0.2, -0.15) is 0 Å². The zero-order chi connectivity index (χ0) is 13.1. The molecule has 1 aromatic carbocycles. The number of hydrogen-bond donors (Lipinski definition) is 1. The maximum atomic E-state index is 12.3. The Labute approximate surface area is 101 Å². The van der Waals surface area contributed by atoms with Crippen molar-refractivity contribution < 1.29 is 18.3 Å². The molecule has 0 aliphatic heterocycles. The fourth-order valence-corrected chi connectivity index (χ4v) is 3.43. The normalized spacial score (nSPS) is 15.2. The van der Waals surface area contributed by atoms with Crippen molar-refractivity contribution in [2.75, 3.05) is 0 Å². The highest BCUT2D eigenvalue weighted by molar-refractivity contribution is 7.93. The molecule has 94 valence electrons. The van der Waals surface area contributed by atoms with Crippen LogP contribution < -0.4 is 0 Å². The molecular weight excluding hydrogens is 240 g/mol. The molecule has 1 unspecified atom stereocenters. The van der Waals surface area contributed by atoms with Gasteiger partial charge in [-0.3, -0.25) is 4.79 Å². The molecule has 1 N–H and O–H groups in total. The highest BCUT2D eigenvalue weighted by atomic mass is 32.2. The summed E-state index contributed by atoms with van der Waals surface area (Å²) in [5.74, 6) is -1.30. The van der Waals surface area contributed by atoms with Crippen molar-refractivity contribution in [3.05, 3.63) is 30.3 Å². The highest BCUT2D eigenvalue weighted by Gasteiger charge is 2.46. The van der Waals surface area contributed by atoms with E-state index in [4.69, 9.17) is 0 Å². The van der Waals surface area contributed by atoms with Crippen molar-refractivity contribution in [2.24, 2.45) is 0 Å². The van der Waals surface area contributed by atoms with Crippen LogP contribution in [0.25, 0.3) is 0 Å². The van der Waals surface area contributed by atoms with Gasteiger partial charge in [-0.25, -0.2) is 8.42 Å². The van der Waals surface area contributed by atoms with Gasteiger partial charge in [-0.05, 0) is 25.5 Å². The number of aliphatic carboxylic acids is 1. The van der Waals surface area contributed by atoms with E-state index in [2.05, 4.69) is 0 Å². The molecule has 17 heavy (non-hydrogen) atoms. The molecule has 0 saturated carbocycles. The van der Waals surface area contributed by atoms with Gasteiger partial charge in [0.2, 0.25) is 0 Å². The molecular formula is C12H16O4S. The second-order valence-electron chi connectivity index (χ2n) is 4.10. The average molecular weight is 256 g/mol. The Bertz CT molecular complexity index is 492. The van der Waals surface area contributed by atoms with E-state index in [1.165, 1.54) is 19.1 Å². The van der Waals surface area contributed by atoms with E-state index >= 15 is 0 Å². The fourth-order valence-electron chi connectivity index (χ4n) is 1.69. The fraction of sp³-hybridized carbons (Fsp3) is 0.417. The first kappa shape index (κ1) is 13.7. The Morgan fingerprint density at radius 3 is 2.24 bits per heavy atom. The molecule has 0 fully saturated rings. The molecule has 1 rings (SSSR count). The van der Waals surface area contributed by atoms with Crippen molar-refractivity contribution in [2.45, 2.75) is 36.3 Å². The van der Waals surface area contributed by atoms with Crippen LogP contribution in [0.1, 0.15) is 26.7 Å². The molecule has 0 aliphatic rings. The summed E-state index contributed by atoms with van der Waals surface area (Å²) in [5.41, 5.74) is 0. The summed E-state index contributed by atoms with van der Waals surface area (Å²) >= 11 is 0. The second-order valence-corrected chi connectivity index (χ2v) is 6.48. The van der Waals surface area contributed by atoms with Gasteiger partial charge < -0.3 is 5.11 Å². The van der Waals surface area contributed by atoms with Gasteiger partial charge >= 0.3 is 5.97 Å². The van der Waals surface area contributed by atoms with Gasteiger partial charge in [0.25, 0.3) is 0 Å². The van der Waals surface area contributed by atoms with Crippen molar-refractivity contribution in [3.8, 4) is 0 Å². The largest absolute Gasteiger partial charge is 0.480 e. The van der Waals surface area contributed by atoms with Gasteiger partial charge in [0.05, 0.1) is 4.90 Å². The molecule has 0 radical (unpaired) electrons. The van der Waals surface area contributed by atoms with E-state index in [0.29, 0.717) is 6.42 Å². The first-order valence-corrected chi connectivity index (χ1v) is 6.87. The van der Waals surface area contributed by atoms with E-state index in [1.54, 1.807) is 25.1 Å². The number of carboxylic acids is 1. The van der Waals surface area contributed by atoms with Gasteiger partial charge in [0, 0.05) is 0 Å². The van der Waals surface area contributed by atoms with Crippen LogP contribution in [0.15, 0.2) is 35.2 Å². The second kappa shape index (κ2) is 4.87. The summed E-state index contributed by atoms with van der Waals surface area (Å²) < 4.78 is 22.8. The Balaban J connectivity index is 3.34. The van der Waals surface area contributed by atoms with Crippen LogP contribution in [0.3, 0.4) is 0 Å². The lowest BCUT2D eigenvalue weighted by molar-refractivity contribution is -0.139. The third-order valence-electron chi connectivity index (χ3n) is 2.83. The van der Waals surface area contributed by atoms with Crippen LogP contribution in [0.2, 0.25) is 0 Å². The van der Waals surface area contributed by atoms with Crippen molar-refractivity contribution >= 4 is 15.8 Å². The molecule has 1 atom stereocenters. The van der Waals surface area contributed by atoms with Gasteiger partial charge in [-0.1, -0.05) is 31.5 Å². The number of rotatable bonds is 5. The van der Waals surface area contributed by atoms with Crippen LogP contribution in [0, 0.1) is 0 Å². The SMILES string of the molecule is CCCC(C)(C(=O)O)S(=O)(=O)c1ccccc1. The van der Waals surface area contributed by atoms with E-state index in [-0.39, 0.29) is 11.3 Å². The monoisotopic (exact) mass is 256 g/mol. The molecule has 0 saturated heterocycles. The Hall–Kier alpha value is -1.36. The zero-order valence-electron chi connectivity index (χ0n) is 9.88. The third kappa shape index (κ3) is 2.34. The third-order valence-corrected chi connectivity index (χ3v) is 5.28. The maximum Gasteiger partial charge on any atom is 0.325 e. The number of hydrogen-bond acceptors (Lipinski definition) is 3. The summed E-state index contributed by atoms with van der Waals surface area (Å²) in [6.07, 6.45) is 0.592. The summed E-state index contributed by atoms with van der Waals surface area (Å²) in [5, 5.41) is 9.18. The molecule has 0 bridgehead atoms. The topological polar surface area (TPSA) is 71.4 Å². The Morgan fingerprint density at radius 1 is 1.29 bits per heavy atom. The Morgan fingerprint density at radius 2 is 1.82 bits per heavy atom. The quantitative estimate of drug-likeness (QED) is 0.875. The van der Waals surface area contributed by atoms with Gasteiger partial charge in [0.15, 0.2) is 14.6 Å². The number of sulfone groups is 1. The number of carbonyl (C=O) groups is 1. The molecule has 0 aromatic heterocycles. The predicted octanol–water partition coefficient (Wildman–Crippen LogP) is 2.10. The minimum atomic E-state index is -3.86. The van der Waals surface area contributed by atoms with E-state index < -0.39 is 20.6 Å². The first-order chi connectivity index (χ1) is 7.86. The van der Waals surface area contributed by atoms with Crippen LogP contribution in [-0.4, -0.2) is 24.2 Å². The smallest absolute Gasteiger partial charge is 0.325 e. The average Bonchev–Trinajstić information content (AvgIpc) is 2.30. The molecule has 0 aliphatic carbocycles. The first-order valence-electron chi connectivity index (χ1n) is 5.39. The minimum Gasteiger partial charge on any atom is -0.480 e. The Kier molecular flexibility index (Phi) is 3.93. The van der Waals surface area contributed by atoms with Crippen LogP contribution >= 0.6 is 0 Å². The molecule has 0 spiro atoms. The minimum absolute atomic E-state index is 0.0540. The summed E-state index contributed by atoms with van der Waals surface area (Å²) in [6.45, 7) is 3.03. The summed E-state index contributed by atoms with van der Waals surface area (Å²) in [6, 6.07) is 7.71. The molecule has 4 nitrogen and oxygen atoms in total. The lowest BCUT2D eigenvalue weighted by atomic mass is 10.1. The van der Waals surface area contributed by atoms with E-state index in [9.17, 15) is 18.3 Å². The van der Waals surface area contributed by atoms with Gasteiger partial charge in [-0.15, -0.1) is 0 Å². The number of carboxylic acid groups (broad SMARTS) is 1. The maximum absolute atomic E-state index is 12.3.